The van der Waals surface area contributed by atoms with Crippen LogP contribution in [0.4, 0.5) is 0 Å². The maximum Gasteiger partial charge on any atom is 0.331 e. The number of aliphatic hydroxyl groups is 1. The van der Waals surface area contributed by atoms with Gasteiger partial charge in [-0.1, -0.05) is 59.0 Å². The summed E-state index contributed by atoms with van der Waals surface area (Å²) in [7, 11) is 0. The van der Waals surface area contributed by atoms with Crippen molar-refractivity contribution in [3.8, 4) is 5.88 Å². The summed E-state index contributed by atoms with van der Waals surface area (Å²) >= 11 is 0. The van der Waals surface area contributed by atoms with Crippen molar-refractivity contribution in [2.24, 2.45) is 5.41 Å². The van der Waals surface area contributed by atoms with Crippen molar-refractivity contribution in [2.45, 2.75) is 123 Å². The average Bonchev–Trinajstić information content (AvgIpc) is 3.15. The van der Waals surface area contributed by atoms with Crippen LogP contribution in [0.5, 0.6) is 5.88 Å². The SMILES string of the molecule is C=CC(CC)(CCCCOCCCCC(CC)(CC)CCCCCO)n1c(O)cn(CC)c1=O. The minimum Gasteiger partial charge on any atom is -0.493 e. The molecule has 1 aromatic heterocycles. The quantitative estimate of drug-likeness (QED) is 0.158. The molecule has 0 bridgehead atoms. The Bertz CT molecular complexity index is 735. The Kier molecular flexibility index (Phi) is 14.5. The molecule has 0 aliphatic heterocycles. The van der Waals surface area contributed by atoms with Crippen LogP contribution in [0.3, 0.4) is 0 Å². The standard InChI is InChI=1S/C28H52N2O4/c1-6-27(7-2,18-12-11-15-21-31)19-13-16-22-34-23-17-14-20-28(8-3,9-4)30-25(32)24-29(10-5)26(30)33/h8,24,31-32H,3,6-7,9-23H2,1-2,4-5H3. The van der Waals surface area contributed by atoms with Crippen LogP contribution in [0, 0.1) is 5.41 Å². The molecule has 0 fully saturated rings. The van der Waals surface area contributed by atoms with Crippen LogP contribution in [-0.2, 0) is 16.8 Å². The fourth-order valence-electron chi connectivity index (χ4n) is 5.22. The number of aliphatic hydroxyl groups excluding tert-OH is 1. The van der Waals surface area contributed by atoms with E-state index in [0.717, 1.165) is 51.7 Å². The molecule has 1 atom stereocenters. The number of nitrogens with zero attached hydrogens (tertiary/aromatic N) is 2. The van der Waals surface area contributed by atoms with E-state index in [1.165, 1.54) is 53.9 Å². The van der Waals surface area contributed by atoms with Crippen LogP contribution < -0.4 is 5.69 Å². The Morgan fingerprint density at radius 3 is 1.97 bits per heavy atom. The third kappa shape index (κ3) is 8.60. The second-order valence-corrected chi connectivity index (χ2v) is 9.82. The van der Waals surface area contributed by atoms with Gasteiger partial charge in [-0.3, -0.25) is 9.13 Å². The molecule has 1 aromatic rings. The molecule has 0 aromatic carbocycles. The molecule has 2 N–H and O–H groups in total. The number of aromatic nitrogens is 2. The molecule has 198 valence electrons. The highest BCUT2D eigenvalue weighted by Crippen LogP contribution is 2.38. The maximum absolute atomic E-state index is 12.7. The van der Waals surface area contributed by atoms with Crippen molar-refractivity contribution in [2.75, 3.05) is 19.8 Å². The Labute approximate surface area is 208 Å². The third-order valence-corrected chi connectivity index (χ3v) is 7.97. The molecule has 6 heteroatoms. The van der Waals surface area contributed by atoms with Crippen LogP contribution in [-0.4, -0.2) is 39.2 Å². The van der Waals surface area contributed by atoms with Crippen molar-refractivity contribution < 1.29 is 14.9 Å². The van der Waals surface area contributed by atoms with Crippen LogP contribution >= 0.6 is 0 Å². The molecule has 6 nitrogen and oxygen atoms in total. The van der Waals surface area contributed by atoms with Gasteiger partial charge in [0.05, 0.1) is 11.7 Å². The lowest BCUT2D eigenvalue weighted by molar-refractivity contribution is 0.116. The molecule has 0 amide bonds. The van der Waals surface area contributed by atoms with Gasteiger partial charge in [0.25, 0.3) is 0 Å². The minimum absolute atomic E-state index is 0.00785. The first-order valence-electron chi connectivity index (χ1n) is 13.7. The molecular formula is C28H52N2O4. The maximum atomic E-state index is 12.7. The molecule has 34 heavy (non-hydrogen) atoms. The molecule has 0 spiro atoms. The normalized spacial score (nSPS) is 13.8. The molecule has 0 aliphatic rings. The topological polar surface area (TPSA) is 76.6 Å². The number of hydrogen-bond acceptors (Lipinski definition) is 4. The van der Waals surface area contributed by atoms with Crippen LogP contribution in [0.1, 0.15) is 111 Å². The number of unbranched alkanes of at least 4 members (excludes halogenated alkanes) is 4. The third-order valence-electron chi connectivity index (χ3n) is 7.97. The Hall–Kier alpha value is -1.53. The van der Waals surface area contributed by atoms with Gasteiger partial charge in [0.2, 0.25) is 5.88 Å². The van der Waals surface area contributed by atoms with Crippen molar-refractivity contribution in [3.05, 3.63) is 29.3 Å². The first-order valence-corrected chi connectivity index (χ1v) is 13.7. The van der Waals surface area contributed by atoms with Gasteiger partial charge in [-0.15, -0.1) is 6.58 Å². The predicted octanol–water partition coefficient (Wildman–Crippen LogP) is 6.38. The molecule has 1 rings (SSSR count). The molecule has 1 heterocycles. The van der Waals surface area contributed by atoms with Crippen LogP contribution in [0.25, 0.3) is 0 Å². The number of ether oxygens (including phenoxy) is 1. The summed E-state index contributed by atoms with van der Waals surface area (Å²) in [6.45, 7) is 14.9. The summed E-state index contributed by atoms with van der Waals surface area (Å²) in [6, 6.07) is 0. The van der Waals surface area contributed by atoms with Crippen molar-refractivity contribution in [3.63, 3.8) is 0 Å². The molecule has 1 unspecified atom stereocenters. The molecular weight excluding hydrogens is 428 g/mol. The fourth-order valence-corrected chi connectivity index (χ4v) is 5.22. The van der Waals surface area contributed by atoms with E-state index in [9.17, 15) is 9.90 Å². The summed E-state index contributed by atoms with van der Waals surface area (Å²) in [5.41, 5.74) is -0.298. The van der Waals surface area contributed by atoms with E-state index in [4.69, 9.17) is 9.84 Å². The average molecular weight is 481 g/mol. The van der Waals surface area contributed by atoms with E-state index in [2.05, 4.69) is 20.4 Å². The number of aromatic hydroxyl groups is 1. The number of allylic oxidation sites excluding steroid dienone is 1. The zero-order chi connectivity index (χ0) is 25.5. The van der Waals surface area contributed by atoms with Crippen molar-refractivity contribution in [1.29, 1.82) is 0 Å². The fraction of sp³-hybridized carbons (Fsp3) is 0.821. The highest BCUT2D eigenvalue weighted by atomic mass is 16.5. The first kappa shape index (κ1) is 30.5. The summed E-state index contributed by atoms with van der Waals surface area (Å²) in [5, 5.41) is 19.4. The summed E-state index contributed by atoms with van der Waals surface area (Å²) in [5.74, 6) is 0.00785. The minimum atomic E-state index is -0.567. The van der Waals surface area contributed by atoms with Crippen LogP contribution in [0.2, 0.25) is 0 Å². The highest BCUT2D eigenvalue weighted by molar-refractivity contribution is 5.14. The monoisotopic (exact) mass is 480 g/mol. The Morgan fingerprint density at radius 1 is 0.912 bits per heavy atom. The second-order valence-electron chi connectivity index (χ2n) is 9.82. The number of aryl methyl sites for hydroxylation is 1. The second kappa shape index (κ2) is 16.2. The molecule has 0 saturated carbocycles. The smallest absolute Gasteiger partial charge is 0.331 e. The van der Waals surface area contributed by atoms with Gasteiger partial charge in [0, 0.05) is 26.4 Å². The van der Waals surface area contributed by atoms with Crippen LogP contribution in [0.15, 0.2) is 23.6 Å². The zero-order valence-electron chi connectivity index (χ0n) is 22.5. The van der Waals surface area contributed by atoms with E-state index >= 15 is 0 Å². The van der Waals surface area contributed by atoms with Crippen molar-refractivity contribution in [1.82, 2.24) is 9.13 Å². The van der Waals surface area contributed by atoms with Gasteiger partial charge >= 0.3 is 5.69 Å². The molecule has 0 aliphatic carbocycles. The van der Waals surface area contributed by atoms with Gasteiger partial charge in [-0.05, 0) is 63.7 Å². The van der Waals surface area contributed by atoms with Gasteiger partial charge in [0.15, 0.2) is 0 Å². The van der Waals surface area contributed by atoms with Gasteiger partial charge in [-0.25, -0.2) is 4.79 Å². The lowest BCUT2D eigenvalue weighted by Gasteiger charge is -2.32. The van der Waals surface area contributed by atoms with E-state index in [1.807, 2.05) is 19.9 Å². The molecule has 0 radical (unpaired) electrons. The first-order chi connectivity index (χ1) is 16.4. The lowest BCUT2D eigenvalue weighted by Crippen LogP contribution is -2.39. The number of imidazole rings is 1. The Morgan fingerprint density at radius 2 is 1.50 bits per heavy atom. The van der Waals surface area contributed by atoms with Crippen molar-refractivity contribution >= 4 is 0 Å². The lowest BCUT2D eigenvalue weighted by atomic mass is 9.74. The largest absolute Gasteiger partial charge is 0.493 e. The summed E-state index contributed by atoms with van der Waals surface area (Å²) in [4.78, 5) is 12.7. The van der Waals surface area contributed by atoms with E-state index in [-0.39, 0.29) is 11.6 Å². The van der Waals surface area contributed by atoms with E-state index < -0.39 is 5.54 Å². The zero-order valence-corrected chi connectivity index (χ0v) is 22.5. The Balaban J connectivity index is 2.38. The summed E-state index contributed by atoms with van der Waals surface area (Å²) < 4.78 is 8.95. The van der Waals surface area contributed by atoms with E-state index in [0.29, 0.717) is 25.0 Å². The van der Waals surface area contributed by atoms with Gasteiger partial charge < -0.3 is 14.9 Å². The summed E-state index contributed by atoms with van der Waals surface area (Å²) in [6.07, 6.45) is 17.2. The van der Waals surface area contributed by atoms with Gasteiger partial charge in [-0.2, -0.15) is 0 Å². The van der Waals surface area contributed by atoms with E-state index in [1.54, 1.807) is 0 Å². The number of hydrogen-bond donors (Lipinski definition) is 2. The predicted molar refractivity (Wildman–Crippen MR) is 142 cm³/mol. The highest BCUT2D eigenvalue weighted by Gasteiger charge is 2.31. The molecule has 0 saturated heterocycles. The van der Waals surface area contributed by atoms with Gasteiger partial charge in [0.1, 0.15) is 0 Å². The number of rotatable bonds is 21.